The predicted molar refractivity (Wildman–Crippen MR) is 63.2 cm³/mol. The van der Waals surface area contributed by atoms with Crippen molar-refractivity contribution in [2.75, 3.05) is 5.32 Å². The third kappa shape index (κ3) is 2.26. The monoisotopic (exact) mass is 232 g/mol. The first-order valence-electron chi connectivity index (χ1n) is 4.41. The van der Waals surface area contributed by atoms with Crippen LogP contribution in [0.3, 0.4) is 0 Å². The summed E-state index contributed by atoms with van der Waals surface area (Å²) in [6.07, 6.45) is 6.20. The van der Waals surface area contributed by atoms with Gasteiger partial charge in [0.2, 0.25) is 0 Å². The molecule has 0 aromatic carbocycles. The average Bonchev–Trinajstić information content (AvgIpc) is 2.31. The van der Waals surface area contributed by atoms with Crippen molar-refractivity contribution in [1.82, 2.24) is 20.2 Å². The maximum atomic E-state index is 5.56. The molecular formula is C9H8N6S. The first kappa shape index (κ1) is 10.4. The summed E-state index contributed by atoms with van der Waals surface area (Å²) in [5.74, 6) is 0.491. The fourth-order valence-corrected chi connectivity index (χ4v) is 1.29. The lowest BCUT2D eigenvalue weighted by atomic mass is 10.3. The summed E-state index contributed by atoms with van der Waals surface area (Å²) in [5, 5.41) is 10.7. The van der Waals surface area contributed by atoms with E-state index in [0.717, 1.165) is 0 Å². The number of nitrogens with zero attached hydrogens (tertiary/aromatic N) is 4. The van der Waals surface area contributed by atoms with Gasteiger partial charge in [-0.05, 0) is 6.07 Å². The van der Waals surface area contributed by atoms with Gasteiger partial charge in [-0.1, -0.05) is 12.2 Å². The van der Waals surface area contributed by atoms with E-state index in [-0.39, 0.29) is 4.99 Å². The van der Waals surface area contributed by atoms with Crippen LogP contribution in [0, 0.1) is 0 Å². The van der Waals surface area contributed by atoms with Crippen LogP contribution in [0.15, 0.2) is 31.0 Å². The second-order valence-corrected chi connectivity index (χ2v) is 3.35. The van der Waals surface area contributed by atoms with Crippen molar-refractivity contribution < 1.29 is 0 Å². The van der Waals surface area contributed by atoms with Gasteiger partial charge in [-0.25, -0.2) is 9.97 Å². The van der Waals surface area contributed by atoms with Gasteiger partial charge in [0.1, 0.15) is 11.3 Å². The summed E-state index contributed by atoms with van der Waals surface area (Å²) in [6.45, 7) is 0. The largest absolute Gasteiger partial charge is 0.389 e. The van der Waals surface area contributed by atoms with Crippen molar-refractivity contribution in [2.24, 2.45) is 5.73 Å². The molecule has 80 valence electrons. The molecule has 0 atom stereocenters. The Labute approximate surface area is 96.9 Å². The van der Waals surface area contributed by atoms with E-state index in [1.165, 1.54) is 12.5 Å². The van der Waals surface area contributed by atoms with Gasteiger partial charge >= 0.3 is 0 Å². The van der Waals surface area contributed by atoms with Gasteiger partial charge in [0, 0.05) is 0 Å². The minimum absolute atomic E-state index is 0.259. The highest BCUT2D eigenvalue weighted by Crippen LogP contribution is 2.15. The Balaban J connectivity index is 2.31. The van der Waals surface area contributed by atoms with Crippen molar-refractivity contribution in [3.8, 4) is 0 Å². The Kier molecular flexibility index (Phi) is 2.97. The maximum absolute atomic E-state index is 5.56. The Morgan fingerprint density at radius 2 is 2.06 bits per heavy atom. The minimum atomic E-state index is 0.259. The van der Waals surface area contributed by atoms with Gasteiger partial charge in [0.25, 0.3) is 0 Å². The molecule has 0 aliphatic carbocycles. The van der Waals surface area contributed by atoms with Crippen molar-refractivity contribution in [3.05, 3.63) is 36.5 Å². The number of rotatable bonds is 3. The predicted octanol–water partition coefficient (Wildman–Crippen LogP) is 0.644. The number of thiocarbonyl (C=S) groups is 1. The molecule has 0 saturated carbocycles. The lowest BCUT2D eigenvalue weighted by Crippen LogP contribution is -2.13. The van der Waals surface area contributed by atoms with E-state index in [9.17, 15) is 0 Å². The van der Waals surface area contributed by atoms with Crippen LogP contribution < -0.4 is 11.1 Å². The van der Waals surface area contributed by atoms with Gasteiger partial charge in [-0.15, -0.1) is 5.10 Å². The first-order valence-corrected chi connectivity index (χ1v) is 4.82. The van der Waals surface area contributed by atoms with Crippen LogP contribution >= 0.6 is 12.2 Å². The maximum Gasteiger partial charge on any atom is 0.163 e. The van der Waals surface area contributed by atoms with Gasteiger partial charge in [0.15, 0.2) is 5.82 Å². The number of nitrogens with one attached hydrogen (secondary N) is 1. The van der Waals surface area contributed by atoms with Crippen LogP contribution in [0.2, 0.25) is 0 Å². The summed E-state index contributed by atoms with van der Waals surface area (Å²) >= 11 is 4.90. The van der Waals surface area contributed by atoms with E-state index in [2.05, 4.69) is 25.5 Å². The third-order valence-corrected chi connectivity index (χ3v) is 2.03. The van der Waals surface area contributed by atoms with Gasteiger partial charge in [-0.3, -0.25) is 0 Å². The molecule has 2 aromatic rings. The molecule has 0 fully saturated rings. The highest BCUT2D eigenvalue weighted by Gasteiger charge is 2.06. The second-order valence-electron chi connectivity index (χ2n) is 2.91. The standard InChI is InChI=1S/C9H8N6S/c10-8(16)7-1-2-13-15-9(7)14-6-3-11-5-12-4-6/h1-5H,(H2,10,16)(H,14,15). The molecule has 0 bridgehead atoms. The molecular weight excluding hydrogens is 224 g/mol. The van der Waals surface area contributed by atoms with Crippen LogP contribution in [0.5, 0.6) is 0 Å². The molecule has 7 heteroatoms. The zero-order valence-corrected chi connectivity index (χ0v) is 8.98. The van der Waals surface area contributed by atoms with E-state index in [4.69, 9.17) is 18.0 Å². The van der Waals surface area contributed by atoms with Crippen LogP contribution in [-0.2, 0) is 0 Å². The quantitative estimate of drug-likeness (QED) is 0.751. The third-order valence-electron chi connectivity index (χ3n) is 1.81. The van der Waals surface area contributed by atoms with E-state index >= 15 is 0 Å². The molecule has 3 N–H and O–H groups in total. The lowest BCUT2D eigenvalue weighted by molar-refractivity contribution is 1.03. The molecule has 2 heterocycles. The summed E-state index contributed by atoms with van der Waals surface area (Å²) in [4.78, 5) is 8.00. The van der Waals surface area contributed by atoms with Crippen LogP contribution in [0.1, 0.15) is 5.56 Å². The summed E-state index contributed by atoms with van der Waals surface area (Å²) in [7, 11) is 0. The molecule has 0 amide bonds. The fourth-order valence-electron chi connectivity index (χ4n) is 1.12. The molecule has 0 saturated heterocycles. The molecule has 0 aliphatic heterocycles. The van der Waals surface area contributed by atoms with Crippen molar-refractivity contribution >= 4 is 28.7 Å². The van der Waals surface area contributed by atoms with E-state index in [1.54, 1.807) is 18.5 Å². The molecule has 0 radical (unpaired) electrons. The molecule has 0 unspecified atom stereocenters. The minimum Gasteiger partial charge on any atom is -0.389 e. The van der Waals surface area contributed by atoms with Crippen molar-refractivity contribution in [2.45, 2.75) is 0 Å². The van der Waals surface area contributed by atoms with Crippen molar-refractivity contribution in [1.29, 1.82) is 0 Å². The van der Waals surface area contributed by atoms with Gasteiger partial charge in [0.05, 0.1) is 29.8 Å². The van der Waals surface area contributed by atoms with Crippen LogP contribution in [-0.4, -0.2) is 25.2 Å². The highest BCUT2D eigenvalue weighted by atomic mass is 32.1. The number of anilines is 2. The summed E-state index contributed by atoms with van der Waals surface area (Å²) < 4.78 is 0. The smallest absolute Gasteiger partial charge is 0.163 e. The average molecular weight is 232 g/mol. The Morgan fingerprint density at radius 3 is 2.75 bits per heavy atom. The SMILES string of the molecule is NC(=S)c1ccnnc1Nc1cncnc1. The number of hydrogen-bond acceptors (Lipinski definition) is 6. The zero-order valence-electron chi connectivity index (χ0n) is 8.16. The fraction of sp³-hybridized carbons (Fsp3) is 0. The van der Waals surface area contributed by atoms with Gasteiger partial charge < -0.3 is 11.1 Å². The van der Waals surface area contributed by atoms with Gasteiger partial charge in [-0.2, -0.15) is 5.10 Å². The topological polar surface area (TPSA) is 89.6 Å². The van der Waals surface area contributed by atoms with Crippen LogP contribution in [0.4, 0.5) is 11.5 Å². The zero-order chi connectivity index (χ0) is 11.4. The highest BCUT2D eigenvalue weighted by molar-refractivity contribution is 7.80. The van der Waals surface area contributed by atoms with Crippen LogP contribution in [0.25, 0.3) is 0 Å². The summed E-state index contributed by atoms with van der Waals surface area (Å²) in [5.41, 5.74) is 6.89. The molecule has 0 spiro atoms. The number of aromatic nitrogens is 4. The molecule has 2 rings (SSSR count). The first-order chi connectivity index (χ1) is 7.77. The van der Waals surface area contributed by atoms with E-state index in [0.29, 0.717) is 17.1 Å². The number of nitrogens with two attached hydrogens (primary N) is 1. The second kappa shape index (κ2) is 4.58. The molecule has 0 aliphatic rings. The molecule has 2 aromatic heterocycles. The molecule has 16 heavy (non-hydrogen) atoms. The molecule has 6 nitrogen and oxygen atoms in total. The summed E-state index contributed by atoms with van der Waals surface area (Å²) in [6, 6.07) is 1.70. The number of hydrogen-bond donors (Lipinski definition) is 2. The van der Waals surface area contributed by atoms with E-state index < -0.39 is 0 Å². The normalized spacial score (nSPS) is 9.75. The van der Waals surface area contributed by atoms with E-state index in [1.807, 2.05) is 0 Å². The van der Waals surface area contributed by atoms with Crippen molar-refractivity contribution in [3.63, 3.8) is 0 Å². The Hall–Kier alpha value is -2.15. The Morgan fingerprint density at radius 1 is 1.31 bits per heavy atom. The Bertz CT molecular complexity index is 500. The lowest BCUT2D eigenvalue weighted by Gasteiger charge is -2.07.